The summed E-state index contributed by atoms with van der Waals surface area (Å²) in [4.78, 5) is 2.31. The summed E-state index contributed by atoms with van der Waals surface area (Å²) >= 11 is 0. The maximum atomic E-state index is 13.9. The van der Waals surface area contributed by atoms with Crippen molar-refractivity contribution in [2.24, 2.45) is 5.73 Å². The van der Waals surface area contributed by atoms with Gasteiger partial charge in [0.1, 0.15) is 6.61 Å². The quantitative estimate of drug-likeness (QED) is 0.833. The monoisotopic (exact) mass is 282 g/mol. The van der Waals surface area contributed by atoms with Crippen LogP contribution in [0.2, 0.25) is 0 Å². The maximum absolute atomic E-state index is 13.9. The van der Waals surface area contributed by atoms with E-state index in [9.17, 15) is 4.39 Å². The summed E-state index contributed by atoms with van der Waals surface area (Å²) in [5.41, 5.74) is 6.50. The molecule has 0 heterocycles. The van der Waals surface area contributed by atoms with E-state index in [-0.39, 0.29) is 11.9 Å². The number of hydrogen-bond donors (Lipinski definition) is 1. The van der Waals surface area contributed by atoms with Gasteiger partial charge in [0.15, 0.2) is 11.6 Å². The molecule has 2 N–H and O–H groups in total. The summed E-state index contributed by atoms with van der Waals surface area (Å²) in [6.07, 6.45) is 0. The van der Waals surface area contributed by atoms with Crippen LogP contribution in [0, 0.1) is 5.82 Å². The van der Waals surface area contributed by atoms with Gasteiger partial charge in [0, 0.05) is 24.7 Å². The molecule has 0 radical (unpaired) electrons. The van der Waals surface area contributed by atoms with Crippen molar-refractivity contribution in [1.29, 1.82) is 0 Å². The molecule has 3 nitrogen and oxygen atoms in total. The molecular weight excluding hydrogens is 255 g/mol. The Morgan fingerprint density at radius 1 is 1.15 bits per heavy atom. The Balaban J connectivity index is 2.58. The predicted molar refractivity (Wildman–Crippen MR) is 81.5 cm³/mol. The zero-order valence-electron chi connectivity index (χ0n) is 13.2. The topological polar surface area (TPSA) is 38.5 Å². The van der Waals surface area contributed by atoms with Crippen LogP contribution in [0.3, 0.4) is 0 Å². The molecule has 1 aromatic rings. The van der Waals surface area contributed by atoms with Crippen molar-refractivity contribution in [3.63, 3.8) is 0 Å². The average molecular weight is 282 g/mol. The van der Waals surface area contributed by atoms with Crippen molar-refractivity contribution < 1.29 is 9.13 Å². The molecule has 0 aliphatic carbocycles. The van der Waals surface area contributed by atoms with Crippen molar-refractivity contribution in [1.82, 2.24) is 4.90 Å². The highest BCUT2D eigenvalue weighted by atomic mass is 19.1. The van der Waals surface area contributed by atoms with Crippen LogP contribution in [-0.4, -0.2) is 30.1 Å². The largest absolute Gasteiger partial charge is 0.489 e. The van der Waals surface area contributed by atoms with Gasteiger partial charge in [0.2, 0.25) is 0 Å². The first-order valence-corrected chi connectivity index (χ1v) is 7.26. The van der Waals surface area contributed by atoms with E-state index in [4.69, 9.17) is 10.5 Å². The first-order valence-electron chi connectivity index (χ1n) is 7.26. The molecule has 20 heavy (non-hydrogen) atoms. The summed E-state index contributed by atoms with van der Waals surface area (Å²) in [6.45, 7) is 11.7. The zero-order valence-corrected chi connectivity index (χ0v) is 13.2. The molecule has 0 saturated heterocycles. The van der Waals surface area contributed by atoms with Crippen LogP contribution >= 0.6 is 0 Å². The SMILES string of the molecule is CC(N)c1ccc(OCCN(C(C)C)C(C)C)c(F)c1. The van der Waals surface area contributed by atoms with Gasteiger partial charge in [-0.25, -0.2) is 4.39 Å². The lowest BCUT2D eigenvalue weighted by Gasteiger charge is -2.30. The maximum Gasteiger partial charge on any atom is 0.165 e. The lowest BCUT2D eigenvalue weighted by atomic mass is 10.1. The van der Waals surface area contributed by atoms with Crippen molar-refractivity contribution in [3.05, 3.63) is 29.6 Å². The van der Waals surface area contributed by atoms with Gasteiger partial charge in [-0.15, -0.1) is 0 Å². The lowest BCUT2D eigenvalue weighted by Crippen LogP contribution is -2.39. The van der Waals surface area contributed by atoms with E-state index in [1.807, 2.05) is 13.0 Å². The van der Waals surface area contributed by atoms with E-state index in [1.165, 1.54) is 6.07 Å². The molecule has 0 fully saturated rings. The van der Waals surface area contributed by atoms with Crippen molar-refractivity contribution in [2.75, 3.05) is 13.2 Å². The third-order valence-corrected chi connectivity index (χ3v) is 3.42. The molecule has 1 atom stereocenters. The van der Waals surface area contributed by atoms with Crippen LogP contribution in [0.1, 0.15) is 46.2 Å². The van der Waals surface area contributed by atoms with Crippen LogP contribution in [0.5, 0.6) is 5.75 Å². The standard InChI is InChI=1S/C16H27FN2O/c1-11(2)19(12(3)4)8-9-20-16-7-6-14(13(5)18)10-15(16)17/h6-7,10-13H,8-9,18H2,1-5H3. The fraction of sp³-hybridized carbons (Fsp3) is 0.625. The molecule has 4 heteroatoms. The second kappa shape index (κ2) is 7.60. The van der Waals surface area contributed by atoms with Gasteiger partial charge in [0.25, 0.3) is 0 Å². The van der Waals surface area contributed by atoms with E-state index < -0.39 is 0 Å². The predicted octanol–water partition coefficient (Wildman–Crippen LogP) is 3.34. The molecule has 1 aromatic carbocycles. The van der Waals surface area contributed by atoms with Crippen LogP contribution in [0.4, 0.5) is 4.39 Å². The highest BCUT2D eigenvalue weighted by Gasteiger charge is 2.13. The number of nitrogens with zero attached hydrogens (tertiary/aromatic N) is 1. The Morgan fingerprint density at radius 3 is 2.20 bits per heavy atom. The van der Waals surface area contributed by atoms with Crippen LogP contribution in [0.25, 0.3) is 0 Å². The summed E-state index contributed by atoms with van der Waals surface area (Å²) in [5.74, 6) is -0.0534. The van der Waals surface area contributed by atoms with E-state index in [0.717, 1.165) is 12.1 Å². The Labute approximate surface area is 121 Å². The van der Waals surface area contributed by atoms with Gasteiger partial charge in [-0.3, -0.25) is 4.90 Å². The minimum Gasteiger partial charge on any atom is -0.489 e. The lowest BCUT2D eigenvalue weighted by molar-refractivity contribution is 0.140. The van der Waals surface area contributed by atoms with Gasteiger partial charge >= 0.3 is 0 Å². The van der Waals surface area contributed by atoms with Gasteiger partial charge in [-0.1, -0.05) is 6.07 Å². The molecule has 0 aliphatic rings. The van der Waals surface area contributed by atoms with Crippen LogP contribution in [0.15, 0.2) is 18.2 Å². The molecule has 0 aliphatic heterocycles. The minimum absolute atomic E-state index is 0.170. The summed E-state index contributed by atoms with van der Waals surface area (Å²) < 4.78 is 19.4. The zero-order chi connectivity index (χ0) is 15.3. The van der Waals surface area contributed by atoms with E-state index in [0.29, 0.717) is 24.4 Å². The molecule has 1 unspecified atom stereocenters. The first-order chi connectivity index (χ1) is 9.32. The Hall–Kier alpha value is -1.13. The van der Waals surface area contributed by atoms with Crippen molar-refractivity contribution >= 4 is 0 Å². The van der Waals surface area contributed by atoms with Crippen molar-refractivity contribution in [3.8, 4) is 5.75 Å². The fourth-order valence-corrected chi connectivity index (χ4v) is 2.29. The first kappa shape index (κ1) is 16.9. The third-order valence-electron chi connectivity index (χ3n) is 3.42. The smallest absolute Gasteiger partial charge is 0.165 e. The molecular formula is C16H27FN2O. The third kappa shape index (κ3) is 4.76. The number of hydrogen-bond acceptors (Lipinski definition) is 3. The van der Waals surface area contributed by atoms with Crippen LogP contribution < -0.4 is 10.5 Å². The molecule has 0 bridgehead atoms. The highest BCUT2D eigenvalue weighted by Crippen LogP contribution is 2.21. The molecule has 0 aromatic heterocycles. The van der Waals surface area contributed by atoms with E-state index >= 15 is 0 Å². The number of rotatable bonds is 7. The number of ether oxygens (including phenoxy) is 1. The number of benzene rings is 1. The Bertz CT molecular complexity index is 411. The second-order valence-corrected chi connectivity index (χ2v) is 5.75. The van der Waals surface area contributed by atoms with Crippen LogP contribution in [-0.2, 0) is 0 Å². The van der Waals surface area contributed by atoms with Gasteiger partial charge in [-0.05, 0) is 52.3 Å². The van der Waals surface area contributed by atoms with Gasteiger partial charge < -0.3 is 10.5 Å². The molecule has 0 spiro atoms. The average Bonchev–Trinajstić information content (AvgIpc) is 2.34. The molecule has 0 amide bonds. The molecule has 1 rings (SSSR count). The van der Waals surface area contributed by atoms with E-state index in [1.54, 1.807) is 6.07 Å². The Kier molecular flexibility index (Phi) is 6.43. The summed E-state index contributed by atoms with van der Waals surface area (Å²) in [6, 6.07) is 5.64. The Morgan fingerprint density at radius 2 is 1.75 bits per heavy atom. The number of nitrogens with two attached hydrogens (primary N) is 1. The second-order valence-electron chi connectivity index (χ2n) is 5.75. The normalized spacial score (nSPS) is 13.3. The van der Waals surface area contributed by atoms with Gasteiger partial charge in [-0.2, -0.15) is 0 Å². The summed E-state index contributed by atoms with van der Waals surface area (Å²) in [7, 11) is 0. The van der Waals surface area contributed by atoms with Gasteiger partial charge in [0.05, 0.1) is 0 Å². The highest BCUT2D eigenvalue weighted by molar-refractivity contribution is 5.30. The molecule has 114 valence electrons. The minimum atomic E-state index is -0.347. The number of halogens is 1. The van der Waals surface area contributed by atoms with E-state index in [2.05, 4.69) is 32.6 Å². The molecule has 0 saturated carbocycles. The summed E-state index contributed by atoms with van der Waals surface area (Å²) in [5, 5.41) is 0. The van der Waals surface area contributed by atoms with Crippen molar-refractivity contribution in [2.45, 2.75) is 52.7 Å². The fourth-order valence-electron chi connectivity index (χ4n) is 2.29.